The standard InChI is InChI=1S/C16H32N2O2/c1-4-20-15(19)10-6-5-9-13-17-14-16(18(2)3)11-7-8-12-16/h17H,4-14H2,1-3H3. The Morgan fingerprint density at radius 1 is 1.20 bits per heavy atom. The molecule has 0 aromatic rings. The van der Waals surface area contributed by atoms with E-state index < -0.39 is 0 Å². The third kappa shape index (κ3) is 5.80. The molecule has 0 aromatic carbocycles. The van der Waals surface area contributed by atoms with Crippen molar-refractivity contribution in [1.82, 2.24) is 10.2 Å². The molecule has 1 saturated carbocycles. The number of carbonyl (C=O) groups is 1. The quantitative estimate of drug-likeness (QED) is 0.494. The van der Waals surface area contributed by atoms with E-state index in [9.17, 15) is 4.79 Å². The van der Waals surface area contributed by atoms with Crippen molar-refractivity contribution in [2.75, 3.05) is 33.8 Å². The Bertz CT molecular complexity index is 274. The maximum absolute atomic E-state index is 11.2. The van der Waals surface area contributed by atoms with Gasteiger partial charge in [0.15, 0.2) is 0 Å². The van der Waals surface area contributed by atoms with Gasteiger partial charge in [-0.25, -0.2) is 0 Å². The molecule has 0 aliphatic heterocycles. The third-order valence-corrected chi connectivity index (χ3v) is 4.48. The van der Waals surface area contributed by atoms with Gasteiger partial charge < -0.3 is 15.0 Å². The molecule has 4 nitrogen and oxygen atoms in total. The number of nitrogens with zero attached hydrogens (tertiary/aromatic N) is 1. The topological polar surface area (TPSA) is 41.6 Å². The normalized spacial score (nSPS) is 17.6. The van der Waals surface area contributed by atoms with Crippen molar-refractivity contribution in [2.24, 2.45) is 0 Å². The van der Waals surface area contributed by atoms with Crippen molar-refractivity contribution >= 4 is 5.97 Å². The van der Waals surface area contributed by atoms with Crippen molar-refractivity contribution in [3.63, 3.8) is 0 Å². The number of unbranched alkanes of at least 4 members (excludes halogenated alkanes) is 2. The van der Waals surface area contributed by atoms with Crippen molar-refractivity contribution in [3.05, 3.63) is 0 Å². The maximum Gasteiger partial charge on any atom is 0.305 e. The smallest absolute Gasteiger partial charge is 0.305 e. The minimum absolute atomic E-state index is 0.0574. The van der Waals surface area contributed by atoms with Crippen LogP contribution in [0.3, 0.4) is 0 Å². The van der Waals surface area contributed by atoms with Gasteiger partial charge in [-0.05, 0) is 53.2 Å². The lowest BCUT2D eigenvalue weighted by Gasteiger charge is -2.36. The number of rotatable bonds is 10. The lowest BCUT2D eigenvalue weighted by molar-refractivity contribution is -0.143. The van der Waals surface area contributed by atoms with Crippen LogP contribution in [0.25, 0.3) is 0 Å². The van der Waals surface area contributed by atoms with Gasteiger partial charge >= 0.3 is 5.97 Å². The summed E-state index contributed by atoms with van der Waals surface area (Å²) in [5.74, 6) is -0.0574. The summed E-state index contributed by atoms with van der Waals surface area (Å²) in [5, 5.41) is 3.60. The molecule has 1 aliphatic carbocycles. The average molecular weight is 284 g/mol. The van der Waals surface area contributed by atoms with Crippen LogP contribution in [0, 0.1) is 0 Å². The van der Waals surface area contributed by atoms with E-state index in [1.54, 1.807) is 0 Å². The Morgan fingerprint density at radius 2 is 1.90 bits per heavy atom. The summed E-state index contributed by atoms with van der Waals surface area (Å²) in [6, 6.07) is 0. The molecular formula is C16H32N2O2. The summed E-state index contributed by atoms with van der Waals surface area (Å²) < 4.78 is 4.92. The molecular weight excluding hydrogens is 252 g/mol. The van der Waals surface area contributed by atoms with Crippen LogP contribution < -0.4 is 5.32 Å². The summed E-state index contributed by atoms with van der Waals surface area (Å²) in [7, 11) is 4.40. The highest BCUT2D eigenvalue weighted by molar-refractivity contribution is 5.69. The molecule has 20 heavy (non-hydrogen) atoms. The Labute approximate surface area is 124 Å². The van der Waals surface area contributed by atoms with Gasteiger partial charge in [-0.1, -0.05) is 19.3 Å². The van der Waals surface area contributed by atoms with Crippen LogP contribution in [0.1, 0.15) is 58.3 Å². The molecule has 0 bridgehead atoms. The molecule has 118 valence electrons. The first kappa shape index (κ1) is 17.4. The largest absolute Gasteiger partial charge is 0.466 e. The average Bonchev–Trinajstić information content (AvgIpc) is 2.88. The third-order valence-electron chi connectivity index (χ3n) is 4.48. The highest BCUT2D eigenvalue weighted by atomic mass is 16.5. The van der Waals surface area contributed by atoms with E-state index in [-0.39, 0.29) is 5.97 Å². The fourth-order valence-electron chi connectivity index (χ4n) is 3.07. The number of hydrogen-bond acceptors (Lipinski definition) is 4. The fourth-order valence-corrected chi connectivity index (χ4v) is 3.07. The van der Waals surface area contributed by atoms with Crippen LogP contribution in [0.15, 0.2) is 0 Å². The van der Waals surface area contributed by atoms with Crippen molar-refractivity contribution in [2.45, 2.75) is 63.8 Å². The molecule has 0 aromatic heterocycles. The van der Waals surface area contributed by atoms with Gasteiger partial charge in [0.25, 0.3) is 0 Å². The molecule has 1 aliphatic rings. The maximum atomic E-state index is 11.2. The molecule has 0 atom stereocenters. The molecule has 0 saturated heterocycles. The summed E-state index contributed by atoms with van der Waals surface area (Å²) in [4.78, 5) is 13.6. The number of hydrogen-bond donors (Lipinski definition) is 1. The van der Waals surface area contributed by atoms with E-state index in [2.05, 4.69) is 24.3 Å². The van der Waals surface area contributed by atoms with Gasteiger partial charge in [0.05, 0.1) is 6.61 Å². The monoisotopic (exact) mass is 284 g/mol. The molecule has 0 heterocycles. The molecule has 1 fully saturated rings. The molecule has 4 heteroatoms. The van der Waals surface area contributed by atoms with Gasteiger partial charge in [-0.2, -0.15) is 0 Å². The van der Waals surface area contributed by atoms with Gasteiger partial charge in [0, 0.05) is 18.5 Å². The van der Waals surface area contributed by atoms with E-state index in [1.807, 2.05) is 6.92 Å². The van der Waals surface area contributed by atoms with E-state index in [0.29, 0.717) is 18.6 Å². The lowest BCUT2D eigenvalue weighted by atomic mass is 9.96. The highest BCUT2D eigenvalue weighted by Gasteiger charge is 2.35. The Morgan fingerprint density at radius 3 is 2.50 bits per heavy atom. The Balaban J connectivity index is 2.03. The van der Waals surface area contributed by atoms with E-state index in [0.717, 1.165) is 32.4 Å². The van der Waals surface area contributed by atoms with Crippen LogP contribution in [-0.4, -0.2) is 50.2 Å². The summed E-state index contributed by atoms with van der Waals surface area (Å²) in [6.45, 7) is 4.49. The van der Waals surface area contributed by atoms with E-state index in [4.69, 9.17) is 4.74 Å². The van der Waals surface area contributed by atoms with Gasteiger partial charge in [-0.3, -0.25) is 4.79 Å². The zero-order valence-electron chi connectivity index (χ0n) is 13.5. The summed E-state index contributed by atoms with van der Waals surface area (Å²) in [6.07, 6.45) is 9.10. The SMILES string of the molecule is CCOC(=O)CCCCCNCC1(N(C)C)CCCC1. The Kier molecular flexibility index (Phi) is 8.15. The number of likely N-dealkylation sites (N-methyl/N-ethyl adjacent to an activating group) is 1. The van der Waals surface area contributed by atoms with E-state index >= 15 is 0 Å². The number of ether oxygens (including phenoxy) is 1. The van der Waals surface area contributed by atoms with Crippen molar-refractivity contribution in [1.29, 1.82) is 0 Å². The second-order valence-electron chi connectivity index (χ2n) is 6.12. The number of carbonyl (C=O) groups excluding carboxylic acids is 1. The lowest BCUT2D eigenvalue weighted by Crippen LogP contribution is -2.49. The zero-order valence-corrected chi connectivity index (χ0v) is 13.5. The molecule has 0 amide bonds. The number of nitrogens with one attached hydrogen (secondary N) is 1. The molecule has 0 unspecified atom stereocenters. The second-order valence-corrected chi connectivity index (χ2v) is 6.12. The van der Waals surface area contributed by atoms with Crippen LogP contribution in [-0.2, 0) is 9.53 Å². The minimum Gasteiger partial charge on any atom is -0.466 e. The van der Waals surface area contributed by atoms with Gasteiger partial charge in [0.2, 0.25) is 0 Å². The minimum atomic E-state index is -0.0574. The highest BCUT2D eigenvalue weighted by Crippen LogP contribution is 2.32. The van der Waals surface area contributed by atoms with Crippen LogP contribution in [0.4, 0.5) is 0 Å². The molecule has 1 N–H and O–H groups in total. The molecule has 0 radical (unpaired) electrons. The van der Waals surface area contributed by atoms with Crippen LogP contribution in [0.5, 0.6) is 0 Å². The summed E-state index contributed by atoms with van der Waals surface area (Å²) in [5.41, 5.74) is 0.380. The van der Waals surface area contributed by atoms with Crippen molar-refractivity contribution < 1.29 is 9.53 Å². The first-order chi connectivity index (χ1) is 9.60. The zero-order chi connectivity index (χ0) is 14.8. The second kappa shape index (κ2) is 9.35. The van der Waals surface area contributed by atoms with Crippen molar-refractivity contribution in [3.8, 4) is 0 Å². The van der Waals surface area contributed by atoms with Gasteiger partial charge in [0.1, 0.15) is 0 Å². The summed E-state index contributed by atoms with van der Waals surface area (Å²) >= 11 is 0. The first-order valence-electron chi connectivity index (χ1n) is 8.14. The predicted molar refractivity (Wildman–Crippen MR) is 82.9 cm³/mol. The molecule has 0 spiro atoms. The van der Waals surface area contributed by atoms with E-state index in [1.165, 1.54) is 25.7 Å². The van der Waals surface area contributed by atoms with Crippen LogP contribution >= 0.6 is 0 Å². The fraction of sp³-hybridized carbons (Fsp3) is 0.938. The first-order valence-corrected chi connectivity index (χ1v) is 8.14. The molecule has 1 rings (SSSR count). The predicted octanol–water partition coefficient (Wildman–Crippen LogP) is 2.57. The van der Waals surface area contributed by atoms with Crippen LogP contribution in [0.2, 0.25) is 0 Å². The van der Waals surface area contributed by atoms with Gasteiger partial charge in [-0.15, -0.1) is 0 Å². The Hall–Kier alpha value is -0.610. The number of esters is 1.